The van der Waals surface area contributed by atoms with Crippen molar-refractivity contribution in [3.63, 3.8) is 0 Å². The van der Waals surface area contributed by atoms with Gasteiger partial charge in [0.1, 0.15) is 0 Å². The smallest absolute Gasteiger partial charge is 0.0453 e. The molecule has 0 radical (unpaired) electrons. The van der Waals surface area contributed by atoms with Crippen LogP contribution in [0.15, 0.2) is 18.2 Å². The Bertz CT molecular complexity index is 424. The minimum Gasteiger partial charge on any atom is -0.294 e. The van der Waals surface area contributed by atoms with Gasteiger partial charge in [0.05, 0.1) is 0 Å². The molecule has 0 amide bonds. The third-order valence-electron chi connectivity index (χ3n) is 3.61. The van der Waals surface area contributed by atoms with Gasteiger partial charge in [0, 0.05) is 17.1 Å². The minimum atomic E-state index is 0.149. The van der Waals surface area contributed by atoms with Gasteiger partial charge in [-0.1, -0.05) is 51.4 Å². The predicted octanol–water partition coefficient (Wildman–Crippen LogP) is 5.26. The van der Waals surface area contributed by atoms with Crippen molar-refractivity contribution in [2.75, 3.05) is 6.54 Å². The van der Waals surface area contributed by atoms with Crippen molar-refractivity contribution >= 4 is 11.6 Å². The standard InChI is InChI=1S/C17H28ClN/c1-8-19(17(5,6)7)12-13-9-10-14(11-15(13)18)16(2,3)4/h9-11H,8,12H2,1-7H3. The van der Waals surface area contributed by atoms with E-state index in [1.165, 1.54) is 11.1 Å². The molecule has 0 aliphatic rings. The van der Waals surface area contributed by atoms with E-state index in [0.717, 1.165) is 18.1 Å². The molecule has 0 aliphatic carbocycles. The first-order valence-electron chi connectivity index (χ1n) is 7.09. The van der Waals surface area contributed by atoms with Gasteiger partial charge >= 0.3 is 0 Å². The number of hydrogen-bond donors (Lipinski definition) is 0. The van der Waals surface area contributed by atoms with Crippen LogP contribution in [0.2, 0.25) is 5.02 Å². The lowest BCUT2D eigenvalue weighted by molar-refractivity contribution is 0.136. The number of benzene rings is 1. The highest BCUT2D eigenvalue weighted by molar-refractivity contribution is 6.31. The molecule has 0 atom stereocenters. The quantitative estimate of drug-likeness (QED) is 0.731. The zero-order chi connectivity index (χ0) is 14.8. The van der Waals surface area contributed by atoms with Crippen molar-refractivity contribution in [2.24, 2.45) is 0 Å². The topological polar surface area (TPSA) is 3.24 Å². The number of rotatable bonds is 3. The van der Waals surface area contributed by atoms with Gasteiger partial charge in [-0.25, -0.2) is 0 Å². The van der Waals surface area contributed by atoms with Crippen LogP contribution in [-0.4, -0.2) is 17.0 Å². The lowest BCUT2D eigenvalue weighted by atomic mass is 9.86. The van der Waals surface area contributed by atoms with Crippen molar-refractivity contribution in [2.45, 2.75) is 66.0 Å². The molecule has 0 spiro atoms. The molecule has 1 aromatic rings. The van der Waals surface area contributed by atoms with Crippen LogP contribution in [0.25, 0.3) is 0 Å². The van der Waals surface area contributed by atoms with Crippen LogP contribution >= 0.6 is 11.6 Å². The van der Waals surface area contributed by atoms with Gasteiger partial charge in [0.2, 0.25) is 0 Å². The lowest BCUT2D eigenvalue weighted by Gasteiger charge is -2.35. The maximum absolute atomic E-state index is 6.46. The molecule has 19 heavy (non-hydrogen) atoms. The zero-order valence-corrected chi connectivity index (χ0v) is 14.2. The molecule has 0 saturated heterocycles. The van der Waals surface area contributed by atoms with E-state index in [1.807, 2.05) is 0 Å². The van der Waals surface area contributed by atoms with E-state index >= 15 is 0 Å². The first-order chi connectivity index (χ1) is 8.55. The molecule has 1 rings (SSSR count). The van der Waals surface area contributed by atoms with Gasteiger partial charge in [0.15, 0.2) is 0 Å². The maximum Gasteiger partial charge on any atom is 0.0453 e. The van der Waals surface area contributed by atoms with Crippen LogP contribution in [0.1, 0.15) is 59.6 Å². The Morgan fingerprint density at radius 3 is 2.00 bits per heavy atom. The minimum absolute atomic E-state index is 0.149. The van der Waals surface area contributed by atoms with Crippen molar-refractivity contribution in [3.05, 3.63) is 34.3 Å². The van der Waals surface area contributed by atoms with E-state index in [2.05, 4.69) is 71.6 Å². The van der Waals surface area contributed by atoms with Gasteiger partial charge in [-0.2, -0.15) is 0 Å². The fraction of sp³-hybridized carbons (Fsp3) is 0.647. The van der Waals surface area contributed by atoms with E-state index < -0.39 is 0 Å². The van der Waals surface area contributed by atoms with Gasteiger partial charge in [-0.15, -0.1) is 0 Å². The first-order valence-corrected chi connectivity index (χ1v) is 7.47. The van der Waals surface area contributed by atoms with Crippen molar-refractivity contribution in [1.82, 2.24) is 4.90 Å². The number of hydrogen-bond acceptors (Lipinski definition) is 1. The molecule has 0 heterocycles. The molecule has 0 bridgehead atoms. The highest BCUT2D eigenvalue weighted by atomic mass is 35.5. The third-order valence-corrected chi connectivity index (χ3v) is 3.96. The molecule has 108 valence electrons. The summed E-state index contributed by atoms with van der Waals surface area (Å²) in [6, 6.07) is 6.50. The van der Waals surface area contributed by atoms with E-state index in [-0.39, 0.29) is 11.0 Å². The Morgan fingerprint density at radius 1 is 1.05 bits per heavy atom. The van der Waals surface area contributed by atoms with Gasteiger partial charge in [-0.05, 0) is 49.9 Å². The predicted molar refractivity (Wildman–Crippen MR) is 86.0 cm³/mol. The summed E-state index contributed by atoms with van der Waals surface area (Å²) in [5.41, 5.74) is 2.82. The molecule has 0 aliphatic heterocycles. The zero-order valence-electron chi connectivity index (χ0n) is 13.5. The summed E-state index contributed by atoms with van der Waals surface area (Å²) in [5.74, 6) is 0. The molecule has 1 nitrogen and oxygen atoms in total. The van der Waals surface area contributed by atoms with E-state index in [9.17, 15) is 0 Å². The summed E-state index contributed by atoms with van der Waals surface area (Å²) >= 11 is 6.46. The Balaban J connectivity index is 2.98. The van der Waals surface area contributed by atoms with Crippen LogP contribution in [0.3, 0.4) is 0 Å². The molecule has 0 N–H and O–H groups in total. The molecule has 0 aromatic heterocycles. The molecule has 2 heteroatoms. The van der Waals surface area contributed by atoms with Crippen molar-refractivity contribution in [3.8, 4) is 0 Å². The SMILES string of the molecule is CCN(Cc1ccc(C(C)(C)C)cc1Cl)C(C)(C)C. The third kappa shape index (κ3) is 4.50. The van der Waals surface area contributed by atoms with Crippen LogP contribution in [0.4, 0.5) is 0 Å². The van der Waals surface area contributed by atoms with Gasteiger partial charge in [0.25, 0.3) is 0 Å². The normalized spacial score (nSPS) is 13.1. The van der Waals surface area contributed by atoms with Gasteiger partial charge < -0.3 is 0 Å². The second kappa shape index (κ2) is 5.85. The van der Waals surface area contributed by atoms with Crippen molar-refractivity contribution < 1.29 is 0 Å². The second-order valence-corrected chi connectivity index (χ2v) is 7.65. The maximum atomic E-state index is 6.46. The summed E-state index contributed by atoms with van der Waals surface area (Å²) in [6.45, 7) is 17.5. The summed E-state index contributed by atoms with van der Waals surface area (Å²) in [7, 11) is 0. The summed E-state index contributed by atoms with van der Waals surface area (Å²) < 4.78 is 0. The Labute approximate surface area is 124 Å². The Hall–Kier alpha value is -0.530. The average molecular weight is 282 g/mol. The van der Waals surface area contributed by atoms with E-state index in [4.69, 9.17) is 11.6 Å². The largest absolute Gasteiger partial charge is 0.294 e. The van der Waals surface area contributed by atoms with Crippen LogP contribution in [-0.2, 0) is 12.0 Å². The number of nitrogens with zero attached hydrogens (tertiary/aromatic N) is 1. The van der Waals surface area contributed by atoms with Crippen molar-refractivity contribution in [1.29, 1.82) is 0 Å². The Morgan fingerprint density at radius 2 is 1.63 bits per heavy atom. The average Bonchev–Trinajstić information content (AvgIpc) is 2.24. The molecule has 1 aromatic carbocycles. The fourth-order valence-electron chi connectivity index (χ4n) is 2.17. The van der Waals surface area contributed by atoms with E-state index in [0.29, 0.717) is 0 Å². The van der Waals surface area contributed by atoms with E-state index in [1.54, 1.807) is 0 Å². The fourth-order valence-corrected chi connectivity index (χ4v) is 2.41. The Kier molecular flexibility index (Phi) is 5.08. The lowest BCUT2D eigenvalue weighted by Crippen LogP contribution is -2.40. The molecular formula is C17H28ClN. The molecule has 0 saturated carbocycles. The summed E-state index contributed by atoms with van der Waals surface area (Å²) in [5, 5.41) is 0.884. The second-order valence-electron chi connectivity index (χ2n) is 7.24. The number of halogens is 1. The summed E-state index contributed by atoms with van der Waals surface area (Å²) in [6.07, 6.45) is 0. The summed E-state index contributed by atoms with van der Waals surface area (Å²) in [4.78, 5) is 2.44. The monoisotopic (exact) mass is 281 g/mol. The van der Waals surface area contributed by atoms with Crippen LogP contribution in [0.5, 0.6) is 0 Å². The molecule has 0 fully saturated rings. The van der Waals surface area contributed by atoms with Crippen LogP contribution < -0.4 is 0 Å². The highest BCUT2D eigenvalue weighted by Gasteiger charge is 2.21. The highest BCUT2D eigenvalue weighted by Crippen LogP contribution is 2.28. The van der Waals surface area contributed by atoms with Crippen LogP contribution in [0, 0.1) is 0 Å². The molecule has 0 unspecified atom stereocenters. The van der Waals surface area contributed by atoms with Gasteiger partial charge in [-0.3, -0.25) is 4.90 Å². The molecular weight excluding hydrogens is 254 g/mol. The first kappa shape index (κ1) is 16.5.